The first-order valence-corrected chi connectivity index (χ1v) is 11.3. The Labute approximate surface area is 169 Å². The monoisotopic (exact) mass is 405 g/mol. The maximum absolute atomic E-state index is 12.5. The first kappa shape index (κ1) is 20.1. The van der Waals surface area contributed by atoms with Crippen molar-refractivity contribution in [2.75, 3.05) is 5.84 Å². The van der Waals surface area contributed by atoms with E-state index in [1.165, 1.54) is 59.4 Å². The molecule has 1 atom stereocenters. The topological polar surface area (TPSA) is 85.8 Å². The number of nitrogens with one attached hydrogen (secondary N) is 1. The van der Waals surface area contributed by atoms with Gasteiger partial charge in [-0.25, -0.2) is 4.68 Å². The SMILES string of the molecule is C[C@@H](Sc1nnc(SCc2ccccc2)n1N)C(=O)NC1CCCCCC1. The minimum Gasteiger partial charge on any atom is -0.352 e. The van der Waals surface area contributed by atoms with Crippen molar-refractivity contribution in [3.63, 3.8) is 0 Å². The van der Waals surface area contributed by atoms with Crippen LogP contribution in [0.5, 0.6) is 0 Å². The van der Waals surface area contributed by atoms with Crippen LogP contribution in [0.1, 0.15) is 51.0 Å². The van der Waals surface area contributed by atoms with E-state index in [1.807, 2.05) is 25.1 Å². The molecule has 27 heavy (non-hydrogen) atoms. The van der Waals surface area contributed by atoms with Gasteiger partial charge in [0.25, 0.3) is 0 Å². The van der Waals surface area contributed by atoms with Crippen molar-refractivity contribution in [3.05, 3.63) is 35.9 Å². The van der Waals surface area contributed by atoms with E-state index in [9.17, 15) is 4.79 Å². The molecule has 0 radical (unpaired) electrons. The molecule has 1 aliphatic carbocycles. The van der Waals surface area contributed by atoms with Gasteiger partial charge in [-0.3, -0.25) is 4.79 Å². The predicted molar refractivity (Wildman–Crippen MR) is 111 cm³/mol. The fourth-order valence-corrected chi connectivity index (χ4v) is 4.77. The van der Waals surface area contributed by atoms with Crippen LogP contribution in [0.4, 0.5) is 0 Å². The minimum atomic E-state index is -0.258. The third-order valence-electron chi connectivity index (χ3n) is 4.70. The fourth-order valence-electron chi connectivity index (χ4n) is 3.12. The van der Waals surface area contributed by atoms with Crippen LogP contribution in [0, 0.1) is 0 Å². The number of nitrogens with two attached hydrogens (primary N) is 1. The summed E-state index contributed by atoms with van der Waals surface area (Å²) in [6.07, 6.45) is 7.11. The summed E-state index contributed by atoms with van der Waals surface area (Å²) in [7, 11) is 0. The molecule has 1 amide bonds. The molecular formula is C19H27N5OS2. The molecule has 3 N–H and O–H groups in total. The number of amides is 1. The Balaban J connectivity index is 1.52. The van der Waals surface area contributed by atoms with Crippen LogP contribution in [-0.2, 0) is 10.5 Å². The number of nitrogen functional groups attached to an aromatic ring is 1. The molecule has 1 aromatic heterocycles. The Kier molecular flexibility index (Phi) is 7.46. The van der Waals surface area contributed by atoms with Gasteiger partial charge in [0.05, 0.1) is 5.25 Å². The summed E-state index contributed by atoms with van der Waals surface area (Å²) < 4.78 is 1.48. The summed E-state index contributed by atoms with van der Waals surface area (Å²) in [5.41, 5.74) is 1.20. The van der Waals surface area contributed by atoms with Crippen LogP contribution < -0.4 is 11.2 Å². The lowest BCUT2D eigenvalue weighted by Gasteiger charge is -2.18. The molecule has 0 unspecified atom stereocenters. The molecule has 146 valence electrons. The minimum absolute atomic E-state index is 0.0494. The predicted octanol–water partition coefficient (Wildman–Crippen LogP) is 3.60. The molecule has 0 aliphatic heterocycles. The van der Waals surface area contributed by atoms with E-state index < -0.39 is 0 Å². The summed E-state index contributed by atoms with van der Waals surface area (Å²) in [5.74, 6) is 6.96. The number of carbonyl (C=O) groups excluding carboxylic acids is 1. The summed E-state index contributed by atoms with van der Waals surface area (Å²) in [5, 5.41) is 12.5. The number of hydrogen-bond donors (Lipinski definition) is 2. The molecule has 1 saturated carbocycles. The van der Waals surface area contributed by atoms with Gasteiger partial charge >= 0.3 is 0 Å². The normalized spacial score (nSPS) is 16.6. The van der Waals surface area contributed by atoms with Crippen molar-refractivity contribution >= 4 is 29.4 Å². The van der Waals surface area contributed by atoms with Crippen molar-refractivity contribution in [2.24, 2.45) is 0 Å². The van der Waals surface area contributed by atoms with Gasteiger partial charge in [0.2, 0.25) is 16.2 Å². The second-order valence-corrected chi connectivity index (χ2v) is 9.12. The van der Waals surface area contributed by atoms with Gasteiger partial charge in [-0.2, -0.15) is 0 Å². The van der Waals surface area contributed by atoms with Gasteiger partial charge < -0.3 is 11.2 Å². The lowest BCUT2D eigenvalue weighted by atomic mass is 10.1. The zero-order chi connectivity index (χ0) is 19.1. The maximum Gasteiger partial charge on any atom is 0.233 e. The highest BCUT2D eigenvalue weighted by Crippen LogP contribution is 2.26. The number of thioether (sulfide) groups is 2. The molecule has 0 saturated heterocycles. The molecule has 1 aromatic carbocycles. The van der Waals surface area contributed by atoms with Crippen molar-refractivity contribution in [2.45, 2.75) is 72.8 Å². The molecule has 2 aromatic rings. The van der Waals surface area contributed by atoms with E-state index in [4.69, 9.17) is 5.84 Å². The first-order valence-electron chi connectivity index (χ1n) is 9.47. The van der Waals surface area contributed by atoms with E-state index in [0.717, 1.165) is 18.6 Å². The second kappa shape index (κ2) is 10.0. The summed E-state index contributed by atoms with van der Waals surface area (Å²) in [6, 6.07) is 10.5. The smallest absolute Gasteiger partial charge is 0.233 e. The van der Waals surface area contributed by atoms with Crippen LogP contribution in [0.2, 0.25) is 0 Å². The lowest BCUT2D eigenvalue weighted by Crippen LogP contribution is -2.39. The van der Waals surface area contributed by atoms with Gasteiger partial charge in [-0.05, 0) is 25.3 Å². The molecular weight excluding hydrogens is 378 g/mol. The number of hydrogen-bond acceptors (Lipinski definition) is 6. The highest BCUT2D eigenvalue weighted by molar-refractivity contribution is 8.00. The summed E-state index contributed by atoms with van der Waals surface area (Å²) >= 11 is 2.89. The van der Waals surface area contributed by atoms with Crippen LogP contribution in [0.25, 0.3) is 0 Å². The second-order valence-electron chi connectivity index (χ2n) is 6.87. The van der Waals surface area contributed by atoms with Crippen LogP contribution >= 0.6 is 23.5 Å². The van der Waals surface area contributed by atoms with Gasteiger partial charge in [0.15, 0.2) is 0 Å². The molecule has 8 heteroatoms. The number of rotatable bonds is 7. The summed E-state index contributed by atoms with van der Waals surface area (Å²) in [4.78, 5) is 12.5. The van der Waals surface area contributed by atoms with Crippen molar-refractivity contribution in [3.8, 4) is 0 Å². The number of carbonyl (C=O) groups is 1. The third kappa shape index (κ3) is 5.90. The Bertz CT molecular complexity index is 729. The molecule has 6 nitrogen and oxygen atoms in total. The van der Waals surface area contributed by atoms with Gasteiger partial charge in [0, 0.05) is 11.8 Å². The molecule has 0 bridgehead atoms. The third-order valence-corrected chi connectivity index (χ3v) is 6.77. The summed E-state index contributed by atoms with van der Waals surface area (Å²) in [6.45, 7) is 1.89. The number of nitrogens with zero attached hydrogens (tertiary/aromatic N) is 3. The maximum atomic E-state index is 12.5. The van der Waals surface area contributed by atoms with Crippen LogP contribution in [-0.4, -0.2) is 32.1 Å². The van der Waals surface area contributed by atoms with E-state index in [-0.39, 0.29) is 11.2 Å². The zero-order valence-electron chi connectivity index (χ0n) is 15.6. The quantitative estimate of drug-likeness (QED) is 0.416. The zero-order valence-corrected chi connectivity index (χ0v) is 17.3. The van der Waals surface area contributed by atoms with Gasteiger partial charge in [-0.15, -0.1) is 10.2 Å². The lowest BCUT2D eigenvalue weighted by molar-refractivity contribution is -0.121. The van der Waals surface area contributed by atoms with Crippen LogP contribution in [0.15, 0.2) is 40.6 Å². The van der Waals surface area contributed by atoms with Crippen molar-refractivity contribution in [1.29, 1.82) is 0 Å². The fraction of sp³-hybridized carbons (Fsp3) is 0.526. The first-order chi connectivity index (χ1) is 13.1. The number of aromatic nitrogens is 3. The molecule has 1 fully saturated rings. The highest BCUT2D eigenvalue weighted by atomic mass is 32.2. The van der Waals surface area contributed by atoms with E-state index in [2.05, 4.69) is 27.6 Å². The largest absolute Gasteiger partial charge is 0.352 e. The van der Waals surface area contributed by atoms with E-state index >= 15 is 0 Å². The molecule has 0 spiro atoms. The standard InChI is InChI=1S/C19H27N5OS2/c1-14(17(25)21-16-11-7-2-3-8-12-16)27-19-23-22-18(24(19)20)26-13-15-9-5-4-6-10-15/h4-6,9-10,14,16H,2-3,7-8,11-13,20H2,1H3,(H,21,25)/t14-/m1/s1. The number of benzene rings is 1. The molecule has 1 heterocycles. The van der Waals surface area contributed by atoms with Gasteiger partial charge in [-0.1, -0.05) is 79.5 Å². The van der Waals surface area contributed by atoms with Crippen molar-refractivity contribution in [1.82, 2.24) is 20.2 Å². The van der Waals surface area contributed by atoms with Crippen molar-refractivity contribution < 1.29 is 4.79 Å². The average Bonchev–Trinajstić information content (AvgIpc) is 2.87. The average molecular weight is 406 g/mol. The molecule has 3 rings (SSSR count). The Morgan fingerprint density at radius 2 is 1.85 bits per heavy atom. The van der Waals surface area contributed by atoms with E-state index in [0.29, 0.717) is 16.4 Å². The Morgan fingerprint density at radius 1 is 1.19 bits per heavy atom. The van der Waals surface area contributed by atoms with Gasteiger partial charge in [0.1, 0.15) is 0 Å². The Morgan fingerprint density at radius 3 is 2.56 bits per heavy atom. The van der Waals surface area contributed by atoms with E-state index in [1.54, 1.807) is 0 Å². The molecule has 1 aliphatic rings. The van der Waals surface area contributed by atoms with Crippen LogP contribution in [0.3, 0.4) is 0 Å². The Hall–Kier alpha value is -1.67. The highest BCUT2D eigenvalue weighted by Gasteiger charge is 2.22.